The van der Waals surface area contributed by atoms with E-state index in [0.29, 0.717) is 24.1 Å². The summed E-state index contributed by atoms with van der Waals surface area (Å²) in [7, 11) is 1.20. The molecule has 0 aliphatic carbocycles. The van der Waals surface area contributed by atoms with Gasteiger partial charge < -0.3 is 15.4 Å². The van der Waals surface area contributed by atoms with Crippen LogP contribution in [-0.2, 0) is 11.2 Å². The van der Waals surface area contributed by atoms with Gasteiger partial charge in [0.2, 0.25) is 0 Å². The number of anilines is 1. The summed E-state index contributed by atoms with van der Waals surface area (Å²) < 4.78 is 4.84. The number of rotatable bonds is 8. The molecule has 176 valence electrons. The lowest BCUT2D eigenvalue weighted by Gasteiger charge is -2.07. The summed E-state index contributed by atoms with van der Waals surface area (Å²) in [5.74, 6) is -1.73. The maximum Gasteiger partial charge on any atom is 0.341 e. The highest BCUT2D eigenvalue weighted by molar-refractivity contribution is 7.18. The third kappa shape index (κ3) is 5.46. The number of hydrogen-bond donors (Lipinski definition) is 2. The van der Waals surface area contributed by atoms with Crippen molar-refractivity contribution in [2.45, 2.75) is 20.3 Å². The van der Waals surface area contributed by atoms with E-state index < -0.39 is 16.8 Å². The van der Waals surface area contributed by atoms with Crippen LogP contribution in [0.15, 0.2) is 48.5 Å². The van der Waals surface area contributed by atoms with Crippen LogP contribution in [0.4, 0.5) is 10.7 Å². The van der Waals surface area contributed by atoms with Gasteiger partial charge in [0.05, 0.1) is 22.5 Å². The normalized spacial score (nSPS) is 10.4. The number of ether oxygens (including phenoxy) is 1. The molecule has 10 heteroatoms. The molecule has 0 aliphatic heterocycles. The number of aryl methyl sites for hydroxylation is 1. The number of nitro groups is 1. The van der Waals surface area contributed by atoms with E-state index >= 15 is 0 Å². The average molecular weight is 482 g/mol. The maximum absolute atomic E-state index is 12.8. The number of amides is 2. The van der Waals surface area contributed by atoms with Crippen LogP contribution in [0, 0.1) is 24.0 Å². The molecule has 0 spiro atoms. The van der Waals surface area contributed by atoms with Gasteiger partial charge in [-0.1, -0.05) is 36.4 Å². The number of carbonyl (C=O) groups excluding carboxylic acids is 3. The molecule has 0 radical (unpaired) electrons. The highest BCUT2D eigenvalue weighted by atomic mass is 32.1. The number of nitrogens with zero attached hydrogens (tertiary/aromatic N) is 1. The molecular formula is C24H23N3O6S. The van der Waals surface area contributed by atoms with E-state index in [2.05, 4.69) is 10.6 Å². The van der Waals surface area contributed by atoms with Crippen LogP contribution >= 0.6 is 11.3 Å². The van der Waals surface area contributed by atoms with Crippen LogP contribution < -0.4 is 10.6 Å². The zero-order valence-corrected chi connectivity index (χ0v) is 19.7. The summed E-state index contributed by atoms with van der Waals surface area (Å²) >= 11 is 0.942. The van der Waals surface area contributed by atoms with Crippen molar-refractivity contribution in [3.05, 3.63) is 91.3 Å². The first-order valence-corrected chi connectivity index (χ1v) is 11.1. The highest BCUT2D eigenvalue weighted by Crippen LogP contribution is 2.34. The van der Waals surface area contributed by atoms with Gasteiger partial charge >= 0.3 is 5.97 Å². The summed E-state index contributed by atoms with van der Waals surface area (Å²) in [6.07, 6.45) is 0.636. The second-order valence-electron chi connectivity index (χ2n) is 7.46. The first-order chi connectivity index (χ1) is 16.2. The third-order valence-electron chi connectivity index (χ3n) is 5.18. The Bertz CT molecular complexity index is 1250. The van der Waals surface area contributed by atoms with Gasteiger partial charge in [-0.15, -0.1) is 11.3 Å². The molecule has 34 heavy (non-hydrogen) atoms. The SMILES string of the molecule is COC(=O)c1c(NC(=O)c2ccc(C)c([N+](=O)[O-])c2)sc(C(=O)NCCc2ccccc2)c1C. The fourth-order valence-electron chi connectivity index (χ4n) is 3.33. The molecule has 0 saturated heterocycles. The molecule has 0 fully saturated rings. The van der Waals surface area contributed by atoms with Gasteiger partial charge in [-0.25, -0.2) is 4.79 Å². The molecule has 0 unspecified atom stereocenters. The van der Waals surface area contributed by atoms with E-state index in [4.69, 9.17) is 4.74 Å². The standard InChI is InChI=1S/C24H23N3O6S/c1-14-9-10-17(13-18(14)27(31)32)21(28)26-23-19(24(30)33-3)15(2)20(34-23)22(29)25-12-11-16-7-5-4-6-8-16/h4-10,13H,11-12H2,1-3H3,(H,25,29)(H,26,28). The molecule has 0 bridgehead atoms. The lowest BCUT2D eigenvalue weighted by molar-refractivity contribution is -0.385. The zero-order valence-electron chi connectivity index (χ0n) is 18.8. The lowest BCUT2D eigenvalue weighted by Crippen LogP contribution is -2.25. The van der Waals surface area contributed by atoms with Gasteiger partial charge in [0.1, 0.15) is 5.00 Å². The minimum absolute atomic E-state index is 0.0491. The Morgan fingerprint density at radius 2 is 1.76 bits per heavy atom. The Balaban J connectivity index is 1.83. The summed E-state index contributed by atoms with van der Waals surface area (Å²) in [4.78, 5) is 48.9. The monoisotopic (exact) mass is 481 g/mol. The van der Waals surface area contributed by atoms with Crippen molar-refractivity contribution in [2.75, 3.05) is 19.0 Å². The second kappa shape index (κ2) is 10.7. The summed E-state index contributed by atoms with van der Waals surface area (Å²) in [5, 5.41) is 16.8. The Labute approximate surface area is 199 Å². The van der Waals surface area contributed by atoms with Crippen LogP contribution in [0.25, 0.3) is 0 Å². The minimum Gasteiger partial charge on any atom is -0.465 e. The van der Waals surface area contributed by atoms with Crippen LogP contribution in [0.5, 0.6) is 0 Å². The minimum atomic E-state index is -0.706. The van der Waals surface area contributed by atoms with E-state index in [9.17, 15) is 24.5 Å². The molecule has 1 heterocycles. The smallest absolute Gasteiger partial charge is 0.341 e. The maximum atomic E-state index is 12.8. The van der Waals surface area contributed by atoms with E-state index in [-0.39, 0.29) is 32.6 Å². The quantitative estimate of drug-likeness (QED) is 0.281. The second-order valence-corrected chi connectivity index (χ2v) is 8.48. The molecule has 1 aromatic heterocycles. The summed E-state index contributed by atoms with van der Waals surface area (Å²) in [6.45, 7) is 3.56. The Kier molecular flexibility index (Phi) is 7.75. The van der Waals surface area contributed by atoms with Gasteiger partial charge in [-0.3, -0.25) is 19.7 Å². The van der Waals surface area contributed by atoms with Crippen molar-refractivity contribution < 1.29 is 24.0 Å². The number of nitro benzene ring substituents is 1. The van der Waals surface area contributed by atoms with Gasteiger partial charge in [-0.05, 0) is 37.5 Å². The van der Waals surface area contributed by atoms with Gasteiger partial charge in [0.15, 0.2) is 0 Å². The number of esters is 1. The first kappa shape index (κ1) is 24.6. The van der Waals surface area contributed by atoms with Crippen LogP contribution in [0.1, 0.15) is 47.1 Å². The van der Waals surface area contributed by atoms with Gasteiger partial charge in [-0.2, -0.15) is 0 Å². The number of carbonyl (C=O) groups is 3. The molecule has 3 rings (SSSR count). The molecule has 3 aromatic rings. The number of benzene rings is 2. The fraction of sp³-hybridized carbons (Fsp3) is 0.208. The predicted octanol–water partition coefficient (Wildman–Crippen LogP) is 4.28. The molecular weight excluding hydrogens is 458 g/mol. The van der Waals surface area contributed by atoms with Gasteiger partial charge in [0.25, 0.3) is 17.5 Å². The van der Waals surface area contributed by atoms with Crippen molar-refractivity contribution in [1.82, 2.24) is 5.32 Å². The number of methoxy groups -OCH3 is 1. The van der Waals surface area contributed by atoms with Gasteiger partial charge in [0, 0.05) is 23.7 Å². The Hall–Kier alpha value is -4.05. The molecule has 2 aromatic carbocycles. The van der Waals surface area contributed by atoms with Crippen molar-refractivity contribution in [3.63, 3.8) is 0 Å². The first-order valence-electron chi connectivity index (χ1n) is 10.3. The molecule has 0 saturated carbocycles. The van der Waals surface area contributed by atoms with Crippen LogP contribution in [0.2, 0.25) is 0 Å². The predicted molar refractivity (Wildman–Crippen MR) is 129 cm³/mol. The third-order valence-corrected chi connectivity index (χ3v) is 6.39. The fourth-order valence-corrected chi connectivity index (χ4v) is 4.44. The van der Waals surface area contributed by atoms with Crippen molar-refractivity contribution in [2.24, 2.45) is 0 Å². The number of nitrogens with one attached hydrogen (secondary N) is 2. The Morgan fingerprint density at radius 3 is 2.41 bits per heavy atom. The lowest BCUT2D eigenvalue weighted by atomic mass is 10.1. The van der Waals surface area contributed by atoms with Crippen molar-refractivity contribution in [3.8, 4) is 0 Å². The van der Waals surface area contributed by atoms with E-state index in [1.807, 2.05) is 30.3 Å². The van der Waals surface area contributed by atoms with E-state index in [0.717, 1.165) is 16.9 Å². The summed E-state index contributed by atoms with van der Waals surface area (Å²) in [6, 6.07) is 13.8. The number of thiophene rings is 1. The topological polar surface area (TPSA) is 128 Å². The molecule has 0 aliphatic rings. The van der Waals surface area contributed by atoms with Crippen molar-refractivity contribution in [1.29, 1.82) is 0 Å². The molecule has 2 amide bonds. The molecule has 0 atom stereocenters. The molecule has 2 N–H and O–H groups in total. The van der Waals surface area contributed by atoms with Crippen LogP contribution in [0.3, 0.4) is 0 Å². The largest absolute Gasteiger partial charge is 0.465 e. The Morgan fingerprint density at radius 1 is 1.06 bits per heavy atom. The highest BCUT2D eigenvalue weighted by Gasteiger charge is 2.27. The van der Waals surface area contributed by atoms with E-state index in [1.54, 1.807) is 13.8 Å². The zero-order chi connectivity index (χ0) is 24.8. The molecule has 9 nitrogen and oxygen atoms in total. The summed E-state index contributed by atoms with van der Waals surface area (Å²) in [5.41, 5.74) is 1.78. The van der Waals surface area contributed by atoms with E-state index in [1.165, 1.54) is 25.3 Å². The number of hydrogen-bond acceptors (Lipinski definition) is 7. The average Bonchev–Trinajstić information content (AvgIpc) is 3.14. The van der Waals surface area contributed by atoms with Crippen molar-refractivity contribution >= 4 is 39.8 Å². The van der Waals surface area contributed by atoms with Crippen LogP contribution in [-0.4, -0.2) is 36.4 Å².